The summed E-state index contributed by atoms with van der Waals surface area (Å²) in [5, 5.41) is 8.87. The van der Waals surface area contributed by atoms with Gasteiger partial charge in [0.1, 0.15) is 5.75 Å². The lowest BCUT2D eigenvalue weighted by Gasteiger charge is -2.16. The van der Waals surface area contributed by atoms with Crippen LogP contribution in [-0.2, 0) is 22.7 Å². The van der Waals surface area contributed by atoms with Crippen molar-refractivity contribution in [1.29, 1.82) is 0 Å². The second-order valence-corrected chi connectivity index (χ2v) is 6.55. The van der Waals surface area contributed by atoms with Crippen molar-refractivity contribution in [2.45, 2.75) is 26.4 Å². The maximum Gasteiger partial charge on any atom is 0.308 e. The van der Waals surface area contributed by atoms with Crippen LogP contribution in [0.25, 0.3) is 0 Å². The van der Waals surface area contributed by atoms with Gasteiger partial charge in [0, 0.05) is 26.1 Å². The molecule has 2 aromatic rings. The Hall–Kier alpha value is -2.86. The summed E-state index contributed by atoms with van der Waals surface area (Å²) in [6.45, 7) is 3.42. The Bertz CT molecular complexity index is 734. The van der Waals surface area contributed by atoms with Crippen LogP contribution in [0.5, 0.6) is 5.75 Å². The molecule has 3 N–H and O–H groups in total. The Balaban J connectivity index is 0.000000223. The Labute approximate surface area is 159 Å². The minimum atomic E-state index is -0.884. The third-order valence-corrected chi connectivity index (χ3v) is 4.45. The lowest BCUT2D eigenvalue weighted by Crippen LogP contribution is -2.25. The fraction of sp³-hybridized carbons (Fsp3) is 0.333. The molecule has 0 saturated carbocycles. The standard InChI is InChI=1S/C13H15NO3.C8H11NO/c1-9-2-4-10(5-3-9)7-14-8-11(13(16)17)6-12(14)15;1-10-8-4-2-7(6-9)3-5-8/h2-5,11H,6-8H2,1H3,(H,16,17);2-5H,6,9H2,1H3. The molecule has 1 heterocycles. The lowest BCUT2D eigenvalue weighted by atomic mass is 10.1. The zero-order chi connectivity index (χ0) is 19.8. The number of nitrogens with two attached hydrogens (primary N) is 1. The predicted molar refractivity (Wildman–Crippen MR) is 103 cm³/mol. The topological polar surface area (TPSA) is 92.9 Å². The number of aliphatic carboxylic acids is 1. The summed E-state index contributed by atoms with van der Waals surface area (Å²) in [4.78, 5) is 24.0. The highest BCUT2D eigenvalue weighted by Gasteiger charge is 2.33. The summed E-state index contributed by atoms with van der Waals surface area (Å²) < 4.78 is 4.97. The zero-order valence-electron chi connectivity index (χ0n) is 15.7. The second kappa shape index (κ2) is 9.73. The molecule has 1 unspecified atom stereocenters. The van der Waals surface area contributed by atoms with E-state index in [9.17, 15) is 9.59 Å². The second-order valence-electron chi connectivity index (χ2n) is 6.55. The van der Waals surface area contributed by atoms with Crippen molar-refractivity contribution in [3.63, 3.8) is 0 Å². The highest BCUT2D eigenvalue weighted by molar-refractivity contribution is 5.86. The number of carboxylic acids is 1. The number of rotatable bonds is 5. The number of hydrogen-bond acceptors (Lipinski definition) is 4. The lowest BCUT2D eigenvalue weighted by molar-refractivity contribution is -0.141. The molecule has 6 heteroatoms. The molecule has 0 radical (unpaired) electrons. The fourth-order valence-corrected chi connectivity index (χ4v) is 2.77. The van der Waals surface area contributed by atoms with Crippen LogP contribution < -0.4 is 10.5 Å². The van der Waals surface area contributed by atoms with Crippen molar-refractivity contribution in [2.24, 2.45) is 11.7 Å². The van der Waals surface area contributed by atoms with Crippen molar-refractivity contribution in [2.75, 3.05) is 13.7 Å². The monoisotopic (exact) mass is 370 g/mol. The maximum atomic E-state index is 11.6. The summed E-state index contributed by atoms with van der Waals surface area (Å²) in [7, 11) is 1.65. The number of ether oxygens (including phenoxy) is 1. The van der Waals surface area contributed by atoms with Gasteiger partial charge < -0.3 is 20.5 Å². The summed E-state index contributed by atoms with van der Waals surface area (Å²) in [5.41, 5.74) is 8.73. The third-order valence-electron chi connectivity index (χ3n) is 4.45. The normalized spacial score (nSPS) is 15.9. The minimum Gasteiger partial charge on any atom is -0.497 e. The number of methoxy groups -OCH3 is 1. The van der Waals surface area contributed by atoms with Gasteiger partial charge in [-0.3, -0.25) is 9.59 Å². The summed E-state index contributed by atoms with van der Waals surface area (Å²) in [6.07, 6.45) is 0.126. The molecule has 144 valence electrons. The van der Waals surface area contributed by atoms with Gasteiger partial charge in [0.25, 0.3) is 0 Å². The number of carboxylic acid groups (broad SMARTS) is 1. The molecule has 0 aromatic heterocycles. The first-order chi connectivity index (χ1) is 12.9. The largest absolute Gasteiger partial charge is 0.497 e. The molecule has 0 bridgehead atoms. The van der Waals surface area contributed by atoms with E-state index in [2.05, 4.69) is 0 Å². The Morgan fingerprint density at radius 1 is 1.15 bits per heavy atom. The van der Waals surface area contributed by atoms with Crippen molar-refractivity contribution in [1.82, 2.24) is 4.90 Å². The Kier molecular flexibility index (Phi) is 7.37. The number of carbonyl (C=O) groups is 2. The average molecular weight is 370 g/mol. The number of hydrogen-bond donors (Lipinski definition) is 2. The molecule has 1 aliphatic rings. The van der Waals surface area contributed by atoms with Crippen LogP contribution in [0.4, 0.5) is 0 Å². The molecule has 1 aliphatic heterocycles. The van der Waals surface area contributed by atoms with Crippen molar-refractivity contribution in [3.05, 3.63) is 65.2 Å². The number of aryl methyl sites for hydroxylation is 1. The molecule has 6 nitrogen and oxygen atoms in total. The molecule has 1 saturated heterocycles. The van der Waals surface area contributed by atoms with Gasteiger partial charge in [-0.25, -0.2) is 0 Å². The van der Waals surface area contributed by atoms with E-state index in [1.807, 2.05) is 55.5 Å². The first kappa shape index (κ1) is 20.5. The van der Waals surface area contributed by atoms with E-state index in [1.54, 1.807) is 12.0 Å². The van der Waals surface area contributed by atoms with Crippen LogP contribution >= 0.6 is 0 Å². The quantitative estimate of drug-likeness (QED) is 0.844. The molecule has 1 atom stereocenters. The number of benzene rings is 2. The van der Waals surface area contributed by atoms with E-state index in [-0.39, 0.29) is 12.3 Å². The molecule has 2 aromatic carbocycles. The van der Waals surface area contributed by atoms with Gasteiger partial charge >= 0.3 is 5.97 Å². The van der Waals surface area contributed by atoms with Gasteiger partial charge in [0.2, 0.25) is 5.91 Å². The van der Waals surface area contributed by atoms with Gasteiger partial charge in [0.15, 0.2) is 0 Å². The average Bonchev–Trinajstić information content (AvgIpc) is 3.05. The summed E-state index contributed by atoms with van der Waals surface area (Å²) in [5.74, 6) is -0.632. The molecule has 0 aliphatic carbocycles. The van der Waals surface area contributed by atoms with Gasteiger partial charge in [0.05, 0.1) is 13.0 Å². The number of nitrogens with zero attached hydrogens (tertiary/aromatic N) is 1. The first-order valence-electron chi connectivity index (χ1n) is 8.82. The van der Waals surface area contributed by atoms with Gasteiger partial charge in [-0.1, -0.05) is 42.0 Å². The molecular formula is C21H26N2O4. The van der Waals surface area contributed by atoms with Crippen LogP contribution in [0.15, 0.2) is 48.5 Å². The maximum absolute atomic E-state index is 11.6. The van der Waals surface area contributed by atoms with Crippen molar-refractivity contribution in [3.8, 4) is 5.75 Å². The van der Waals surface area contributed by atoms with Gasteiger partial charge in [-0.15, -0.1) is 0 Å². The van der Waals surface area contributed by atoms with Gasteiger partial charge in [-0.05, 0) is 30.2 Å². The molecule has 1 fully saturated rings. The summed E-state index contributed by atoms with van der Waals surface area (Å²) >= 11 is 0. The third kappa shape index (κ3) is 6.11. The van der Waals surface area contributed by atoms with Crippen LogP contribution in [0.1, 0.15) is 23.1 Å². The van der Waals surface area contributed by atoms with E-state index in [0.29, 0.717) is 19.6 Å². The SMILES string of the molecule is COc1ccc(CN)cc1.Cc1ccc(CN2CC(C(=O)O)CC2=O)cc1. The molecule has 0 spiro atoms. The Morgan fingerprint density at radius 2 is 1.74 bits per heavy atom. The highest BCUT2D eigenvalue weighted by atomic mass is 16.5. The smallest absolute Gasteiger partial charge is 0.308 e. The highest BCUT2D eigenvalue weighted by Crippen LogP contribution is 2.20. The van der Waals surface area contributed by atoms with E-state index in [0.717, 1.165) is 16.9 Å². The van der Waals surface area contributed by atoms with Crippen molar-refractivity contribution >= 4 is 11.9 Å². The van der Waals surface area contributed by atoms with Crippen LogP contribution in [-0.4, -0.2) is 35.5 Å². The number of likely N-dealkylation sites (tertiary alicyclic amines) is 1. The fourth-order valence-electron chi connectivity index (χ4n) is 2.77. The zero-order valence-corrected chi connectivity index (χ0v) is 15.7. The first-order valence-corrected chi connectivity index (χ1v) is 8.82. The number of amides is 1. The van der Waals surface area contributed by atoms with Crippen molar-refractivity contribution < 1.29 is 19.4 Å². The molecule has 1 amide bonds. The predicted octanol–water partition coefficient (Wildman–Crippen LogP) is 2.58. The Morgan fingerprint density at radius 3 is 2.22 bits per heavy atom. The minimum absolute atomic E-state index is 0.0713. The van der Waals surface area contributed by atoms with E-state index >= 15 is 0 Å². The van der Waals surface area contributed by atoms with E-state index in [4.69, 9.17) is 15.6 Å². The summed E-state index contributed by atoms with van der Waals surface area (Å²) in [6, 6.07) is 15.6. The van der Waals surface area contributed by atoms with Crippen LogP contribution in [0.3, 0.4) is 0 Å². The molecule has 3 rings (SSSR count). The van der Waals surface area contributed by atoms with Crippen LogP contribution in [0.2, 0.25) is 0 Å². The molecule has 27 heavy (non-hydrogen) atoms. The number of carbonyl (C=O) groups excluding carboxylic acids is 1. The van der Waals surface area contributed by atoms with Crippen LogP contribution in [0, 0.1) is 12.8 Å². The van der Waals surface area contributed by atoms with E-state index < -0.39 is 11.9 Å². The van der Waals surface area contributed by atoms with E-state index in [1.165, 1.54) is 5.56 Å². The van der Waals surface area contributed by atoms with Gasteiger partial charge in [-0.2, -0.15) is 0 Å². The molecular weight excluding hydrogens is 344 g/mol.